The molecule has 13 aliphatic rings. The summed E-state index contributed by atoms with van der Waals surface area (Å²) in [5, 5.41) is 94.8. The number of nitrogens with one attached hydrogen (secondary N) is 8. The van der Waals surface area contributed by atoms with Crippen LogP contribution in [0.4, 0.5) is 0 Å². The van der Waals surface area contributed by atoms with E-state index in [9.17, 15) is 132 Å². The van der Waals surface area contributed by atoms with E-state index in [2.05, 4.69) is 42.5 Å². The van der Waals surface area contributed by atoms with Crippen LogP contribution in [-0.2, 0) is 95.9 Å². The molecule has 17 N–H and O–H groups in total. The number of amides is 19. The van der Waals surface area contributed by atoms with Gasteiger partial charge in [-0.15, -0.1) is 0 Å². The summed E-state index contributed by atoms with van der Waals surface area (Å²) in [5.74, 6) is -14.5. The van der Waals surface area contributed by atoms with Crippen LogP contribution in [0.5, 0.6) is 0 Å². The standard InChI is InChI=1S/C83H123N21O27/c84-18-2-1-10-50(70(117)86-32-65(112)98-25-9-17-57(98)82(129)104-43-49(110)31-63(104)83(130)131)92-76(123)52-12-4-20-93(52)64(111)33-87-72(119)59-27-45(106)39-100(59)78(125)54-14-6-22-95(54)67(114)35-89-74(121)61-29-47(108)41-102(61)80(127)56-16-8-24-97(56)69(116)37-91-75(122)62-30-48(109)42-103(62)81(128)55-15-7-23-96(55)68(115)36-90-73(120)60-28-46(107)40-101(60)79(126)53-13-5-21-94(53)66(113)34-88-71(118)58-26-44(105)38-99(58)77(124)51-11-3-19-85-51/h44-63,85,105-110H,1-43,84H2,(H,86,117)(H,87,119)(H,88,118)(H,89,121)(H,90,120)(H,91,122)(H,92,123)(H,130,131)/t44-,45-,46-,47-,48-,49-,50+,51+,52+,53+,54+,55+,56+,57+,58+,59+,60+,61+,62+,63+/m1/s1. The number of β-amino-alcohol motifs (C(OH)–C–C–N with tert-alkyl or cyclic N) is 6. The molecular weight excluding hydrogens is 1720 g/mol. The zero-order valence-electron chi connectivity index (χ0n) is 73.2. The van der Waals surface area contributed by atoms with Gasteiger partial charge in [0.1, 0.15) is 78.5 Å². The number of hydrogen-bond donors (Lipinski definition) is 16. The van der Waals surface area contributed by atoms with Gasteiger partial charge in [-0.3, -0.25) is 91.1 Å². The van der Waals surface area contributed by atoms with Crippen LogP contribution < -0.4 is 48.3 Å². The monoisotopic (exact) mass is 1850 g/mol. The molecule has 48 nitrogen and oxygen atoms in total. The molecule has 13 rings (SSSR count). The van der Waals surface area contributed by atoms with Crippen molar-refractivity contribution in [3.05, 3.63) is 0 Å². The SMILES string of the molecule is NCCCC[C@H](NC(=O)[C@@H]1CCCN1C(=O)CNC(=O)[C@@H]1C[C@@H](O)CN1C(=O)[C@@H]1CCCN1C(=O)CNC(=O)[C@@H]1C[C@@H](O)CN1C(=O)[C@@H]1CCCN1C(=O)CNC(=O)[C@@H]1C[C@@H](O)CN1C(=O)[C@@H]1CCCN1C(=O)CNC(=O)[C@@H]1C[C@@H](O)CN1C(=O)[C@@H]1CCCN1C(=O)CNC(=O)[C@@H]1C[C@@H](O)CN1C(=O)[C@@H]1CCCN1)C(=O)NCC(=O)N1CCC[C@H]1C(=O)N1C[C@H](O)C[C@H]1C(=O)O. The molecule has 13 fully saturated rings. The Morgan fingerprint density at radius 2 is 0.542 bits per heavy atom. The van der Waals surface area contributed by atoms with Gasteiger partial charge in [0.15, 0.2) is 0 Å². The van der Waals surface area contributed by atoms with Crippen molar-refractivity contribution in [2.75, 3.05) is 131 Å². The second-order valence-corrected chi connectivity index (χ2v) is 36.5. The van der Waals surface area contributed by atoms with Crippen LogP contribution >= 0.6 is 0 Å². The smallest absolute Gasteiger partial charge is 0.326 e. The summed E-state index contributed by atoms with van der Waals surface area (Å²) in [4.78, 5) is 291. The molecule has 0 saturated carbocycles. The molecule has 0 aromatic carbocycles. The number of carbonyl (C=O) groups is 20. The number of aliphatic hydroxyl groups is 6. The third kappa shape index (κ3) is 22.2. The summed E-state index contributed by atoms with van der Waals surface area (Å²) in [6.07, 6.45) is -2.55. The zero-order chi connectivity index (χ0) is 94.1. The maximum atomic E-state index is 14.5. The molecule has 13 aliphatic heterocycles. The second-order valence-electron chi connectivity index (χ2n) is 36.5. The molecule has 0 unspecified atom stereocenters. The van der Waals surface area contributed by atoms with Gasteiger partial charge in [-0.2, -0.15) is 0 Å². The molecule has 0 aromatic heterocycles. The highest BCUT2D eigenvalue weighted by Gasteiger charge is 2.53. The normalized spacial score (nSPS) is 30.2. The van der Waals surface area contributed by atoms with Crippen molar-refractivity contribution in [3.63, 3.8) is 0 Å². The number of rotatable bonds is 31. The fourth-order valence-electron chi connectivity index (χ4n) is 21.1. The van der Waals surface area contributed by atoms with Crippen LogP contribution in [-0.4, -0.2) is 465 Å². The van der Waals surface area contributed by atoms with E-state index in [-0.39, 0.29) is 174 Å². The predicted molar refractivity (Wildman–Crippen MR) is 447 cm³/mol. The number of carbonyl (C=O) groups excluding carboxylic acids is 19. The average Bonchev–Trinajstić information content (AvgIpc) is 1.65. The van der Waals surface area contributed by atoms with E-state index in [4.69, 9.17) is 5.73 Å². The van der Waals surface area contributed by atoms with Crippen LogP contribution in [0.1, 0.15) is 148 Å². The molecule has 19 amide bonds. The molecular formula is C83H123N21O27. The summed E-state index contributed by atoms with van der Waals surface area (Å²) >= 11 is 0. The number of nitrogens with two attached hydrogens (primary N) is 1. The molecule has 13 saturated heterocycles. The Morgan fingerprint density at radius 1 is 0.290 bits per heavy atom. The minimum absolute atomic E-state index is 0.0256. The first-order valence-corrected chi connectivity index (χ1v) is 45.9. The van der Waals surface area contributed by atoms with Crippen molar-refractivity contribution in [1.82, 2.24) is 101 Å². The molecule has 48 heteroatoms. The van der Waals surface area contributed by atoms with Crippen molar-refractivity contribution < 1.29 is 132 Å². The van der Waals surface area contributed by atoms with Gasteiger partial charge in [-0.1, -0.05) is 0 Å². The van der Waals surface area contributed by atoms with Crippen LogP contribution in [0.15, 0.2) is 0 Å². The lowest BCUT2D eigenvalue weighted by atomic mass is 10.1. The molecule has 0 bridgehead atoms. The first-order valence-electron chi connectivity index (χ1n) is 45.9. The summed E-state index contributed by atoms with van der Waals surface area (Å²) in [6, 6.07) is -16.0. The maximum Gasteiger partial charge on any atom is 0.326 e. The Balaban J connectivity index is 0.538. The van der Waals surface area contributed by atoms with Crippen molar-refractivity contribution in [1.29, 1.82) is 0 Å². The lowest BCUT2D eigenvalue weighted by Crippen LogP contribution is -2.57. The summed E-state index contributed by atoms with van der Waals surface area (Å²) < 4.78 is 0. The lowest BCUT2D eigenvalue weighted by Gasteiger charge is -2.32. The van der Waals surface area contributed by atoms with E-state index in [1.807, 2.05) is 0 Å². The Hall–Kier alpha value is -10.9. The Bertz CT molecular complexity index is 4390. The van der Waals surface area contributed by atoms with E-state index in [1.165, 1.54) is 34.3 Å². The van der Waals surface area contributed by atoms with Gasteiger partial charge < -0.3 is 143 Å². The van der Waals surface area contributed by atoms with E-state index in [0.29, 0.717) is 64.3 Å². The number of carboxylic acid groups (broad SMARTS) is 1. The number of carboxylic acids is 1. The van der Waals surface area contributed by atoms with Crippen LogP contribution in [0, 0.1) is 0 Å². The number of hydrogen-bond acceptors (Lipinski definition) is 28. The first-order chi connectivity index (χ1) is 62.6. The van der Waals surface area contributed by atoms with Crippen molar-refractivity contribution in [2.45, 2.75) is 269 Å². The van der Waals surface area contributed by atoms with Crippen molar-refractivity contribution in [3.8, 4) is 0 Å². The largest absolute Gasteiger partial charge is 0.480 e. The van der Waals surface area contributed by atoms with E-state index in [0.717, 1.165) is 30.9 Å². The number of unbranched alkanes of at least 4 members (excludes halogenated alkanes) is 1. The highest BCUT2D eigenvalue weighted by molar-refractivity contribution is 6.02. The van der Waals surface area contributed by atoms with Gasteiger partial charge in [0.2, 0.25) is 112 Å². The molecule has 722 valence electrons. The molecule has 0 aromatic rings. The maximum absolute atomic E-state index is 14.5. The minimum atomic E-state index is -1.35. The molecule has 0 spiro atoms. The van der Waals surface area contributed by atoms with Gasteiger partial charge in [-0.25, -0.2) is 4.79 Å². The lowest BCUT2D eigenvalue weighted by molar-refractivity contribution is -0.151. The van der Waals surface area contributed by atoms with E-state index in [1.54, 1.807) is 0 Å². The molecule has 13 heterocycles. The number of nitrogens with zero attached hydrogens (tertiary/aromatic N) is 12. The molecule has 0 aliphatic carbocycles. The van der Waals surface area contributed by atoms with E-state index < -0.39 is 273 Å². The van der Waals surface area contributed by atoms with Gasteiger partial charge in [0.25, 0.3) is 0 Å². The van der Waals surface area contributed by atoms with Crippen LogP contribution in [0.3, 0.4) is 0 Å². The highest BCUT2D eigenvalue weighted by Crippen LogP contribution is 2.34. The average molecular weight is 1850 g/mol. The Kier molecular flexibility index (Phi) is 32.2. The van der Waals surface area contributed by atoms with Crippen molar-refractivity contribution in [2.24, 2.45) is 5.73 Å². The molecule has 20 atom stereocenters. The third-order valence-electron chi connectivity index (χ3n) is 27.8. The molecule has 0 radical (unpaired) electrons. The third-order valence-corrected chi connectivity index (χ3v) is 27.8. The second kappa shape index (κ2) is 43.2. The topological polar surface area (TPSA) is 644 Å². The van der Waals surface area contributed by atoms with Crippen LogP contribution in [0.2, 0.25) is 0 Å². The summed E-state index contributed by atoms with van der Waals surface area (Å²) in [5.41, 5.74) is 5.73. The van der Waals surface area contributed by atoms with Gasteiger partial charge in [0.05, 0.1) is 81.9 Å². The Labute approximate surface area is 753 Å². The van der Waals surface area contributed by atoms with Crippen molar-refractivity contribution >= 4 is 118 Å². The first kappa shape index (κ1) is 97.6. The van der Waals surface area contributed by atoms with Crippen LogP contribution in [0.25, 0.3) is 0 Å². The fraction of sp³-hybridized carbons (Fsp3) is 0.759. The van der Waals surface area contributed by atoms with Gasteiger partial charge >= 0.3 is 5.97 Å². The summed E-state index contributed by atoms with van der Waals surface area (Å²) in [7, 11) is 0. The fourth-order valence-corrected chi connectivity index (χ4v) is 21.1. The minimum Gasteiger partial charge on any atom is -0.480 e. The summed E-state index contributed by atoms with van der Waals surface area (Å²) in [6.45, 7) is -3.89. The number of likely N-dealkylation sites (tertiary alicyclic amines) is 12. The molecule has 131 heavy (non-hydrogen) atoms. The number of aliphatic hydroxyl groups excluding tert-OH is 6. The number of aliphatic carboxylic acids is 1. The zero-order valence-corrected chi connectivity index (χ0v) is 73.2. The Morgan fingerprint density at radius 3 is 0.809 bits per heavy atom. The quantitative estimate of drug-likeness (QED) is 0.0287. The highest BCUT2D eigenvalue weighted by atomic mass is 16.4. The van der Waals surface area contributed by atoms with Gasteiger partial charge in [-0.05, 0) is 122 Å². The van der Waals surface area contributed by atoms with E-state index >= 15 is 0 Å². The van der Waals surface area contributed by atoms with Gasteiger partial charge in [0, 0.05) is 117 Å². The predicted octanol–water partition coefficient (Wildman–Crippen LogP) is -12.1.